The van der Waals surface area contributed by atoms with E-state index in [2.05, 4.69) is 20.7 Å². The first-order chi connectivity index (χ1) is 12.9. The SMILES string of the molecule is Cc1cc(NS(=O)(=O)c2ccc(N3C(=O)C(C)CS3(=O)=O)cc2C)ccc1Br. The van der Waals surface area contributed by atoms with Crippen LogP contribution in [0.3, 0.4) is 0 Å². The number of amides is 1. The summed E-state index contributed by atoms with van der Waals surface area (Å²) in [6, 6.07) is 9.12. The van der Waals surface area contributed by atoms with Gasteiger partial charge in [-0.1, -0.05) is 22.9 Å². The maximum absolute atomic E-state index is 12.8. The summed E-state index contributed by atoms with van der Waals surface area (Å²) in [5.41, 5.74) is 1.76. The first kappa shape index (κ1) is 20.8. The van der Waals surface area contributed by atoms with E-state index in [9.17, 15) is 21.6 Å². The van der Waals surface area contributed by atoms with Gasteiger partial charge in [0, 0.05) is 10.2 Å². The second-order valence-corrected chi connectivity index (χ2v) is 11.2. The van der Waals surface area contributed by atoms with E-state index in [4.69, 9.17) is 0 Å². The number of anilines is 2. The Bertz CT molecular complexity index is 1180. The van der Waals surface area contributed by atoms with E-state index in [-0.39, 0.29) is 16.3 Å². The van der Waals surface area contributed by atoms with Crippen molar-refractivity contribution < 1.29 is 21.6 Å². The maximum Gasteiger partial charge on any atom is 0.262 e. The van der Waals surface area contributed by atoms with Crippen molar-refractivity contribution in [2.75, 3.05) is 14.8 Å². The van der Waals surface area contributed by atoms with Gasteiger partial charge in [0.05, 0.1) is 22.3 Å². The highest BCUT2D eigenvalue weighted by molar-refractivity contribution is 9.10. The molecule has 150 valence electrons. The molecule has 2 aromatic rings. The van der Waals surface area contributed by atoms with Crippen molar-refractivity contribution in [3.8, 4) is 0 Å². The van der Waals surface area contributed by atoms with E-state index < -0.39 is 31.9 Å². The molecule has 28 heavy (non-hydrogen) atoms. The van der Waals surface area contributed by atoms with Crippen LogP contribution in [0.4, 0.5) is 11.4 Å². The third kappa shape index (κ3) is 3.81. The van der Waals surface area contributed by atoms with Crippen LogP contribution in [-0.2, 0) is 24.8 Å². The smallest absolute Gasteiger partial charge is 0.262 e. The monoisotopic (exact) mass is 486 g/mol. The Morgan fingerprint density at radius 1 is 1.11 bits per heavy atom. The molecule has 1 unspecified atom stereocenters. The summed E-state index contributed by atoms with van der Waals surface area (Å²) in [5, 5.41) is 0. The van der Waals surface area contributed by atoms with Gasteiger partial charge in [-0.3, -0.25) is 9.52 Å². The van der Waals surface area contributed by atoms with Crippen molar-refractivity contribution in [3.63, 3.8) is 0 Å². The minimum atomic E-state index is -3.89. The van der Waals surface area contributed by atoms with Gasteiger partial charge in [0.25, 0.3) is 10.0 Å². The molecule has 10 heteroatoms. The number of benzene rings is 2. The van der Waals surface area contributed by atoms with Crippen LogP contribution in [0.5, 0.6) is 0 Å². The quantitative estimate of drug-likeness (QED) is 0.714. The van der Waals surface area contributed by atoms with Gasteiger partial charge in [0.1, 0.15) is 0 Å². The number of hydrogen-bond donors (Lipinski definition) is 1. The molecule has 1 N–H and O–H groups in total. The van der Waals surface area contributed by atoms with Gasteiger partial charge in [-0.25, -0.2) is 21.1 Å². The standard InChI is InChI=1S/C18H19BrN2O5S2/c1-11-8-14(4-6-16(11)19)20-28(25,26)17-7-5-15(9-12(17)2)21-18(22)13(3)10-27(21,23)24/h4-9,13,20H,10H2,1-3H3. The lowest BCUT2D eigenvalue weighted by molar-refractivity contribution is -0.119. The fourth-order valence-electron chi connectivity index (χ4n) is 3.07. The summed E-state index contributed by atoms with van der Waals surface area (Å²) in [7, 11) is -7.63. The predicted octanol–water partition coefficient (Wildman–Crippen LogP) is 3.18. The number of sulfonamides is 2. The average molecular weight is 487 g/mol. The van der Waals surface area contributed by atoms with Crippen LogP contribution in [0.1, 0.15) is 18.1 Å². The molecule has 0 aromatic heterocycles. The molecule has 1 atom stereocenters. The van der Waals surface area contributed by atoms with Gasteiger partial charge < -0.3 is 0 Å². The fourth-order valence-corrected chi connectivity index (χ4v) is 6.40. The van der Waals surface area contributed by atoms with E-state index >= 15 is 0 Å². The normalized spacial score (nSPS) is 19.1. The predicted molar refractivity (Wildman–Crippen MR) is 111 cm³/mol. The molecule has 1 saturated heterocycles. The number of halogens is 1. The van der Waals surface area contributed by atoms with Crippen molar-refractivity contribution in [1.82, 2.24) is 0 Å². The Kier molecular flexibility index (Phi) is 5.32. The zero-order chi connectivity index (χ0) is 20.9. The van der Waals surface area contributed by atoms with Gasteiger partial charge >= 0.3 is 0 Å². The number of rotatable bonds is 4. The van der Waals surface area contributed by atoms with E-state index in [1.165, 1.54) is 18.2 Å². The molecular formula is C18H19BrN2O5S2. The molecule has 1 fully saturated rings. The topological polar surface area (TPSA) is 101 Å². The van der Waals surface area contributed by atoms with E-state index in [1.54, 1.807) is 32.0 Å². The number of aryl methyl sites for hydroxylation is 2. The van der Waals surface area contributed by atoms with Crippen LogP contribution in [0.15, 0.2) is 45.8 Å². The first-order valence-electron chi connectivity index (χ1n) is 8.39. The zero-order valence-electron chi connectivity index (χ0n) is 15.4. The summed E-state index contributed by atoms with van der Waals surface area (Å²) in [5.74, 6) is -1.40. The maximum atomic E-state index is 12.8. The molecule has 7 nitrogen and oxygen atoms in total. The number of carbonyl (C=O) groups excluding carboxylic acids is 1. The number of nitrogens with zero attached hydrogens (tertiary/aromatic N) is 1. The summed E-state index contributed by atoms with van der Waals surface area (Å²) in [6.45, 7) is 4.95. The van der Waals surface area contributed by atoms with Crippen LogP contribution in [0.25, 0.3) is 0 Å². The van der Waals surface area contributed by atoms with Crippen molar-refractivity contribution in [1.29, 1.82) is 0 Å². The zero-order valence-corrected chi connectivity index (χ0v) is 18.7. The van der Waals surface area contributed by atoms with Gasteiger partial charge in [-0.2, -0.15) is 0 Å². The number of nitrogens with one attached hydrogen (secondary N) is 1. The summed E-state index contributed by atoms with van der Waals surface area (Å²) in [6.07, 6.45) is 0. The minimum absolute atomic E-state index is 0.00825. The van der Waals surface area contributed by atoms with Crippen LogP contribution in [0.2, 0.25) is 0 Å². The lowest BCUT2D eigenvalue weighted by Gasteiger charge is -2.17. The molecule has 3 rings (SSSR count). The molecule has 1 aliphatic rings. The Morgan fingerprint density at radius 3 is 2.32 bits per heavy atom. The molecule has 0 aliphatic carbocycles. The molecule has 0 bridgehead atoms. The third-order valence-corrected chi connectivity index (χ3v) is 8.75. The lowest BCUT2D eigenvalue weighted by atomic mass is 10.2. The Hall–Kier alpha value is -1.91. The average Bonchev–Trinajstić information content (AvgIpc) is 2.77. The highest BCUT2D eigenvalue weighted by Gasteiger charge is 2.42. The van der Waals surface area contributed by atoms with Gasteiger partial charge in [0.2, 0.25) is 15.9 Å². The largest absolute Gasteiger partial charge is 0.280 e. The summed E-state index contributed by atoms with van der Waals surface area (Å²) >= 11 is 3.37. The van der Waals surface area contributed by atoms with Crippen molar-refractivity contribution >= 4 is 53.3 Å². The summed E-state index contributed by atoms with van der Waals surface area (Å²) in [4.78, 5) is 12.2. The lowest BCUT2D eigenvalue weighted by Crippen LogP contribution is -2.30. The van der Waals surface area contributed by atoms with Crippen LogP contribution in [0, 0.1) is 19.8 Å². The molecule has 1 amide bonds. The molecule has 2 aromatic carbocycles. The van der Waals surface area contributed by atoms with Crippen molar-refractivity contribution in [2.24, 2.45) is 5.92 Å². The van der Waals surface area contributed by atoms with Gasteiger partial charge in [-0.05, 0) is 61.4 Å². The van der Waals surface area contributed by atoms with Crippen LogP contribution < -0.4 is 9.03 Å². The summed E-state index contributed by atoms with van der Waals surface area (Å²) < 4.78 is 54.2. The van der Waals surface area contributed by atoms with E-state index in [0.29, 0.717) is 11.3 Å². The number of carbonyl (C=O) groups is 1. The third-order valence-electron chi connectivity index (χ3n) is 4.45. The van der Waals surface area contributed by atoms with Crippen molar-refractivity contribution in [2.45, 2.75) is 25.7 Å². The second-order valence-electron chi connectivity index (χ2n) is 6.80. The fraction of sp³-hybridized carbons (Fsp3) is 0.278. The first-order valence-corrected chi connectivity index (χ1v) is 12.3. The highest BCUT2D eigenvalue weighted by Crippen LogP contribution is 2.31. The molecular weight excluding hydrogens is 468 g/mol. The van der Waals surface area contributed by atoms with E-state index in [0.717, 1.165) is 14.3 Å². The van der Waals surface area contributed by atoms with Gasteiger partial charge in [0.15, 0.2) is 0 Å². The Labute approximate surface area is 173 Å². The second kappa shape index (κ2) is 7.16. The molecule has 1 heterocycles. The molecule has 0 saturated carbocycles. The van der Waals surface area contributed by atoms with E-state index in [1.807, 2.05) is 6.92 Å². The Morgan fingerprint density at radius 2 is 1.79 bits per heavy atom. The Balaban J connectivity index is 1.96. The van der Waals surface area contributed by atoms with Crippen molar-refractivity contribution in [3.05, 3.63) is 52.0 Å². The molecule has 0 spiro atoms. The van der Waals surface area contributed by atoms with Crippen LogP contribution >= 0.6 is 15.9 Å². The molecule has 0 radical (unpaired) electrons. The highest BCUT2D eigenvalue weighted by atomic mass is 79.9. The number of hydrogen-bond acceptors (Lipinski definition) is 5. The van der Waals surface area contributed by atoms with Gasteiger partial charge in [-0.15, -0.1) is 0 Å². The molecule has 1 aliphatic heterocycles. The minimum Gasteiger partial charge on any atom is -0.280 e. The van der Waals surface area contributed by atoms with Crippen LogP contribution in [-0.4, -0.2) is 28.5 Å².